The van der Waals surface area contributed by atoms with E-state index in [2.05, 4.69) is 5.32 Å². The van der Waals surface area contributed by atoms with E-state index in [-0.39, 0.29) is 17.9 Å². The molecule has 1 aliphatic carbocycles. The largest absolute Gasteiger partial charge is 0.497 e. The number of rotatable bonds is 8. The smallest absolute Gasteiger partial charge is 0.319 e. The molecule has 0 heterocycles. The fourth-order valence-corrected chi connectivity index (χ4v) is 3.50. The van der Waals surface area contributed by atoms with Gasteiger partial charge in [-0.2, -0.15) is 0 Å². The van der Waals surface area contributed by atoms with E-state index in [1.807, 2.05) is 5.94 Å². The topological polar surface area (TPSA) is 90.9 Å². The molecule has 0 amide bonds. The molecule has 0 aliphatic heterocycles. The summed E-state index contributed by atoms with van der Waals surface area (Å²) in [5.41, 5.74) is -0.500. The van der Waals surface area contributed by atoms with Gasteiger partial charge in [0.25, 0.3) is 0 Å². The van der Waals surface area contributed by atoms with Gasteiger partial charge in [-0.25, -0.2) is 9.59 Å². The van der Waals surface area contributed by atoms with Crippen LogP contribution in [0, 0.1) is 5.41 Å². The lowest BCUT2D eigenvalue weighted by molar-refractivity contribution is -0.150. The van der Waals surface area contributed by atoms with Crippen LogP contribution in [0.3, 0.4) is 0 Å². The normalized spacial score (nSPS) is 19.4. The zero-order valence-electron chi connectivity index (χ0n) is 15.7. The molecule has 27 heavy (non-hydrogen) atoms. The summed E-state index contributed by atoms with van der Waals surface area (Å²) in [7, 11) is 2.81. The Morgan fingerprint density at radius 1 is 1.26 bits per heavy atom. The standard InChI is InChI=1S/C20H23NO6/c1-4-27-17(13-23)18(21-15-7-9-16(25-2)10-8-15)20(19(24)26-3)11-5-6-14(20)12-22/h7-10,18,21H,4-6,11H2,1-3H3. The van der Waals surface area contributed by atoms with Crippen molar-refractivity contribution >= 4 is 23.5 Å². The van der Waals surface area contributed by atoms with Gasteiger partial charge in [0.15, 0.2) is 5.94 Å². The SMILES string of the molecule is CCOC(=C=O)C(Nc1ccc(OC)cc1)C1(C(=O)OC)CCCC1=C=O. The summed E-state index contributed by atoms with van der Waals surface area (Å²) in [5.74, 6) is 3.61. The molecule has 1 N–H and O–H groups in total. The first-order valence-electron chi connectivity index (χ1n) is 8.68. The van der Waals surface area contributed by atoms with Crippen LogP contribution in [0.25, 0.3) is 0 Å². The lowest BCUT2D eigenvalue weighted by Gasteiger charge is -2.35. The highest BCUT2D eigenvalue weighted by Crippen LogP contribution is 2.48. The van der Waals surface area contributed by atoms with Crippen molar-refractivity contribution in [2.24, 2.45) is 5.41 Å². The van der Waals surface area contributed by atoms with E-state index >= 15 is 0 Å². The Balaban J connectivity index is 2.57. The van der Waals surface area contributed by atoms with Gasteiger partial charge in [-0.3, -0.25) is 4.79 Å². The molecule has 0 bridgehead atoms. The summed E-state index contributed by atoms with van der Waals surface area (Å²) < 4.78 is 15.6. The maximum absolute atomic E-state index is 12.8. The lowest BCUT2D eigenvalue weighted by Crippen LogP contribution is -2.48. The van der Waals surface area contributed by atoms with Crippen molar-refractivity contribution in [1.29, 1.82) is 0 Å². The van der Waals surface area contributed by atoms with Crippen LogP contribution in [0.5, 0.6) is 5.75 Å². The monoisotopic (exact) mass is 373 g/mol. The number of esters is 1. The van der Waals surface area contributed by atoms with Crippen molar-refractivity contribution in [1.82, 2.24) is 0 Å². The third-order valence-corrected chi connectivity index (χ3v) is 4.77. The molecule has 2 atom stereocenters. The van der Waals surface area contributed by atoms with Gasteiger partial charge in [-0.1, -0.05) is 0 Å². The molecule has 1 fully saturated rings. The number of carbonyl (C=O) groups excluding carboxylic acids is 3. The minimum Gasteiger partial charge on any atom is -0.497 e. The highest BCUT2D eigenvalue weighted by atomic mass is 16.5. The van der Waals surface area contributed by atoms with Crippen LogP contribution >= 0.6 is 0 Å². The molecule has 1 aromatic carbocycles. The van der Waals surface area contributed by atoms with Crippen LogP contribution in [-0.4, -0.2) is 44.7 Å². The van der Waals surface area contributed by atoms with Crippen LogP contribution < -0.4 is 10.1 Å². The average molecular weight is 373 g/mol. The summed E-state index contributed by atoms with van der Waals surface area (Å²) in [6.45, 7) is 1.93. The number of nitrogens with one attached hydrogen (secondary N) is 1. The van der Waals surface area contributed by atoms with Crippen molar-refractivity contribution in [2.75, 3.05) is 26.1 Å². The van der Waals surface area contributed by atoms with Gasteiger partial charge in [-0.05, 0) is 50.5 Å². The lowest BCUT2D eigenvalue weighted by atomic mass is 9.74. The van der Waals surface area contributed by atoms with E-state index < -0.39 is 17.4 Å². The van der Waals surface area contributed by atoms with Crippen LogP contribution in [0.4, 0.5) is 5.69 Å². The molecule has 0 aromatic heterocycles. The predicted octanol–water partition coefficient (Wildman–Crippen LogP) is 2.33. The van der Waals surface area contributed by atoms with Crippen molar-refractivity contribution < 1.29 is 28.6 Å². The Kier molecular flexibility index (Phi) is 6.83. The summed E-state index contributed by atoms with van der Waals surface area (Å²) in [5, 5.41) is 3.15. The summed E-state index contributed by atoms with van der Waals surface area (Å²) in [6.07, 6.45) is 1.33. The zero-order valence-corrected chi connectivity index (χ0v) is 15.7. The Bertz CT molecular complexity index is 774. The first kappa shape index (κ1) is 20.3. The van der Waals surface area contributed by atoms with Gasteiger partial charge in [0, 0.05) is 11.3 Å². The van der Waals surface area contributed by atoms with Crippen LogP contribution in [0.2, 0.25) is 0 Å². The minimum absolute atomic E-state index is 0.0895. The third-order valence-electron chi connectivity index (χ3n) is 4.77. The second-order valence-corrected chi connectivity index (χ2v) is 6.10. The number of hydrogen-bond acceptors (Lipinski definition) is 7. The van der Waals surface area contributed by atoms with E-state index in [1.165, 1.54) is 7.11 Å². The molecule has 1 aromatic rings. The first-order chi connectivity index (χ1) is 13.1. The highest BCUT2D eigenvalue weighted by molar-refractivity contribution is 5.87. The third kappa shape index (κ3) is 3.90. The molecule has 7 nitrogen and oxygen atoms in total. The van der Waals surface area contributed by atoms with E-state index in [0.717, 1.165) is 0 Å². The molecular weight excluding hydrogens is 350 g/mol. The second-order valence-electron chi connectivity index (χ2n) is 6.10. The highest BCUT2D eigenvalue weighted by Gasteiger charge is 2.55. The molecule has 7 heteroatoms. The summed E-state index contributed by atoms with van der Waals surface area (Å²) >= 11 is 0. The molecule has 144 valence electrons. The number of benzene rings is 1. The molecule has 0 saturated heterocycles. The molecule has 1 saturated carbocycles. The van der Waals surface area contributed by atoms with Crippen molar-refractivity contribution in [3.8, 4) is 5.75 Å². The number of hydrogen-bond donors (Lipinski definition) is 1. The van der Waals surface area contributed by atoms with Gasteiger partial charge in [-0.15, -0.1) is 0 Å². The van der Waals surface area contributed by atoms with Crippen LogP contribution in [0.15, 0.2) is 35.6 Å². The number of carbonyl (C=O) groups is 1. The first-order valence-corrected chi connectivity index (χ1v) is 8.68. The quantitative estimate of drug-likeness (QED) is 0.425. The number of ether oxygens (including phenoxy) is 3. The fraction of sp³-hybridized carbons (Fsp3) is 0.450. The maximum Gasteiger partial charge on any atom is 0.319 e. The molecule has 0 spiro atoms. The Morgan fingerprint density at radius 3 is 2.48 bits per heavy atom. The minimum atomic E-state index is -1.38. The van der Waals surface area contributed by atoms with Gasteiger partial charge >= 0.3 is 5.97 Å². The Hall–Kier alpha value is -3.01. The average Bonchev–Trinajstić information content (AvgIpc) is 3.15. The predicted molar refractivity (Wildman–Crippen MR) is 98.7 cm³/mol. The zero-order chi connectivity index (χ0) is 19.9. The van der Waals surface area contributed by atoms with Crippen molar-refractivity contribution in [3.63, 3.8) is 0 Å². The van der Waals surface area contributed by atoms with Gasteiger partial charge in [0.05, 0.1) is 20.8 Å². The van der Waals surface area contributed by atoms with Crippen molar-refractivity contribution in [3.05, 3.63) is 35.6 Å². The van der Waals surface area contributed by atoms with E-state index in [0.29, 0.717) is 30.7 Å². The summed E-state index contributed by atoms with van der Waals surface area (Å²) in [4.78, 5) is 36.0. The molecular formula is C20H23NO6. The molecule has 0 radical (unpaired) electrons. The van der Waals surface area contributed by atoms with E-state index in [1.54, 1.807) is 44.2 Å². The van der Waals surface area contributed by atoms with Gasteiger partial charge < -0.3 is 19.5 Å². The maximum atomic E-state index is 12.8. The van der Waals surface area contributed by atoms with E-state index in [4.69, 9.17) is 14.2 Å². The Labute approximate surface area is 158 Å². The van der Waals surface area contributed by atoms with Gasteiger partial charge in [0.1, 0.15) is 23.1 Å². The van der Waals surface area contributed by atoms with Gasteiger partial charge in [0.2, 0.25) is 5.76 Å². The number of anilines is 1. The molecule has 2 unspecified atom stereocenters. The van der Waals surface area contributed by atoms with Crippen molar-refractivity contribution in [2.45, 2.75) is 32.2 Å². The fourth-order valence-electron chi connectivity index (χ4n) is 3.50. The van der Waals surface area contributed by atoms with Crippen LogP contribution in [-0.2, 0) is 23.9 Å². The summed E-state index contributed by atoms with van der Waals surface area (Å²) in [6, 6.07) is 6.00. The molecule has 1 aliphatic rings. The second kappa shape index (κ2) is 9.08. The molecule has 2 rings (SSSR count). The number of methoxy groups -OCH3 is 2. The Morgan fingerprint density at radius 2 is 1.96 bits per heavy atom. The van der Waals surface area contributed by atoms with Crippen LogP contribution in [0.1, 0.15) is 26.2 Å². The van der Waals surface area contributed by atoms with E-state index in [9.17, 15) is 14.4 Å².